The molecule has 2 N–H and O–H groups in total. The highest BCUT2D eigenvalue weighted by atomic mass is 79.9. The van der Waals surface area contributed by atoms with Crippen molar-refractivity contribution in [2.45, 2.75) is 13.0 Å². The van der Waals surface area contributed by atoms with Crippen LogP contribution in [0, 0.1) is 0 Å². The summed E-state index contributed by atoms with van der Waals surface area (Å²) in [6.45, 7) is 1.47. The van der Waals surface area contributed by atoms with E-state index in [1.165, 1.54) is 11.1 Å². The summed E-state index contributed by atoms with van der Waals surface area (Å²) in [6.07, 6.45) is 0.856. The summed E-state index contributed by atoms with van der Waals surface area (Å²) in [7, 11) is 2.08. The monoisotopic (exact) mass is 352 g/mol. The van der Waals surface area contributed by atoms with Gasteiger partial charge in [-0.15, -0.1) is 0 Å². The van der Waals surface area contributed by atoms with Crippen LogP contribution in [0.3, 0.4) is 0 Å². The van der Waals surface area contributed by atoms with Crippen molar-refractivity contribution in [3.8, 4) is 0 Å². The van der Waals surface area contributed by atoms with Gasteiger partial charge in [0.2, 0.25) is 0 Å². The third-order valence-electron chi connectivity index (χ3n) is 3.18. The summed E-state index contributed by atoms with van der Waals surface area (Å²) in [4.78, 5) is 2.21. The second-order valence-electron chi connectivity index (χ2n) is 4.80. The molecule has 0 radical (unpaired) electrons. The molecule has 106 valence electrons. The predicted molar refractivity (Wildman–Crippen MR) is 90.5 cm³/mol. The molecule has 0 aliphatic rings. The molecule has 2 aromatic rings. The highest BCUT2D eigenvalue weighted by Crippen LogP contribution is 2.26. The van der Waals surface area contributed by atoms with Crippen LogP contribution in [0.1, 0.15) is 11.1 Å². The van der Waals surface area contributed by atoms with Crippen molar-refractivity contribution in [2.75, 3.05) is 18.5 Å². The second-order valence-corrected chi connectivity index (χ2v) is 6.15. The SMILES string of the molecule is CN(Cc1cccc(Br)c1)c1cc(Cl)ccc1CCN. The van der Waals surface area contributed by atoms with Gasteiger partial charge in [0, 0.05) is 28.8 Å². The molecule has 4 heteroatoms. The van der Waals surface area contributed by atoms with Crippen LogP contribution in [0.4, 0.5) is 5.69 Å². The van der Waals surface area contributed by atoms with Crippen molar-refractivity contribution in [2.24, 2.45) is 5.73 Å². The van der Waals surface area contributed by atoms with Gasteiger partial charge in [-0.2, -0.15) is 0 Å². The van der Waals surface area contributed by atoms with Crippen molar-refractivity contribution in [3.63, 3.8) is 0 Å². The maximum Gasteiger partial charge on any atom is 0.0426 e. The predicted octanol–water partition coefficient (Wildman–Crippen LogP) is 4.24. The number of nitrogens with zero attached hydrogens (tertiary/aromatic N) is 1. The lowest BCUT2D eigenvalue weighted by molar-refractivity contribution is 0.892. The van der Waals surface area contributed by atoms with E-state index in [-0.39, 0.29) is 0 Å². The van der Waals surface area contributed by atoms with Crippen molar-refractivity contribution >= 4 is 33.2 Å². The molecule has 0 unspecified atom stereocenters. The zero-order chi connectivity index (χ0) is 14.5. The van der Waals surface area contributed by atoms with E-state index in [1.54, 1.807) is 0 Å². The number of rotatable bonds is 5. The van der Waals surface area contributed by atoms with Crippen LogP contribution >= 0.6 is 27.5 Å². The van der Waals surface area contributed by atoms with Gasteiger partial charge >= 0.3 is 0 Å². The Morgan fingerprint density at radius 1 is 1.20 bits per heavy atom. The smallest absolute Gasteiger partial charge is 0.0426 e. The van der Waals surface area contributed by atoms with Gasteiger partial charge in [0.15, 0.2) is 0 Å². The highest BCUT2D eigenvalue weighted by molar-refractivity contribution is 9.10. The standard InChI is InChI=1S/C16H18BrClN2/c1-20(11-12-3-2-4-14(17)9-12)16-10-15(18)6-5-13(16)7-8-19/h2-6,9-10H,7-8,11,19H2,1H3. The van der Waals surface area contributed by atoms with E-state index in [2.05, 4.69) is 46.1 Å². The molecular formula is C16H18BrClN2. The normalized spacial score (nSPS) is 10.6. The summed E-state index contributed by atoms with van der Waals surface area (Å²) in [5, 5.41) is 0.752. The first-order chi connectivity index (χ1) is 9.60. The van der Waals surface area contributed by atoms with E-state index in [0.717, 1.165) is 28.1 Å². The average Bonchev–Trinajstić information content (AvgIpc) is 2.41. The molecule has 0 amide bonds. The molecule has 0 aliphatic heterocycles. The number of anilines is 1. The molecule has 20 heavy (non-hydrogen) atoms. The number of halogens is 2. The minimum Gasteiger partial charge on any atom is -0.370 e. The van der Waals surface area contributed by atoms with Crippen LogP contribution in [-0.2, 0) is 13.0 Å². The van der Waals surface area contributed by atoms with Crippen molar-refractivity contribution in [1.82, 2.24) is 0 Å². The van der Waals surface area contributed by atoms with E-state index in [0.29, 0.717) is 6.54 Å². The number of hydrogen-bond acceptors (Lipinski definition) is 2. The van der Waals surface area contributed by atoms with E-state index >= 15 is 0 Å². The van der Waals surface area contributed by atoms with Crippen LogP contribution in [0.5, 0.6) is 0 Å². The van der Waals surface area contributed by atoms with E-state index in [9.17, 15) is 0 Å². The van der Waals surface area contributed by atoms with Gasteiger partial charge in [-0.25, -0.2) is 0 Å². The zero-order valence-corrected chi connectivity index (χ0v) is 13.8. The third-order valence-corrected chi connectivity index (χ3v) is 3.91. The summed E-state index contributed by atoms with van der Waals surface area (Å²) in [5.41, 5.74) is 9.31. The molecule has 0 bridgehead atoms. The lowest BCUT2D eigenvalue weighted by Crippen LogP contribution is -2.19. The van der Waals surface area contributed by atoms with Gasteiger partial charge in [0.1, 0.15) is 0 Å². The van der Waals surface area contributed by atoms with Crippen LogP contribution in [0.2, 0.25) is 5.02 Å². The number of benzene rings is 2. The molecule has 0 fully saturated rings. The summed E-state index contributed by atoms with van der Waals surface area (Å²) < 4.78 is 1.09. The van der Waals surface area contributed by atoms with Gasteiger partial charge < -0.3 is 10.6 Å². The van der Waals surface area contributed by atoms with E-state index in [4.69, 9.17) is 17.3 Å². The first kappa shape index (κ1) is 15.4. The van der Waals surface area contributed by atoms with Crippen molar-refractivity contribution < 1.29 is 0 Å². The Balaban J connectivity index is 2.23. The molecule has 0 spiro atoms. The summed E-state index contributed by atoms with van der Waals surface area (Å²) in [5.74, 6) is 0. The molecule has 2 rings (SSSR count). The molecule has 0 atom stereocenters. The van der Waals surface area contributed by atoms with Crippen LogP contribution in [-0.4, -0.2) is 13.6 Å². The lowest BCUT2D eigenvalue weighted by atomic mass is 10.1. The Kier molecular flexibility index (Phi) is 5.46. The largest absolute Gasteiger partial charge is 0.370 e. The lowest BCUT2D eigenvalue weighted by Gasteiger charge is -2.23. The second kappa shape index (κ2) is 7.11. The quantitative estimate of drug-likeness (QED) is 0.871. The van der Waals surface area contributed by atoms with Gasteiger partial charge in [0.25, 0.3) is 0 Å². The topological polar surface area (TPSA) is 29.3 Å². The fraction of sp³-hybridized carbons (Fsp3) is 0.250. The average molecular weight is 354 g/mol. The Bertz CT molecular complexity index is 586. The minimum absolute atomic E-state index is 0.638. The first-order valence-corrected chi connectivity index (χ1v) is 7.71. The van der Waals surface area contributed by atoms with Crippen LogP contribution in [0.15, 0.2) is 46.9 Å². The fourth-order valence-electron chi connectivity index (χ4n) is 2.25. The maximum absolute atomic E-state index is 6.12. The van der Waals surface area contributed by atoms with Gasteiger partial charge in [-0.05, 0) is 48.4 Å². The van der Waals surface area contributed by atoms with Crippen molar-refractivity contribution in [3.05, 3.63) is 63.1 Å². The Morgan fingerprint density at radius 2 is 2.00 bits per heavy atom. The third kappa shape index (κ3) is 3.98. The molecule has 0 saturated heterocycles. The molecule has 0 aromatic heterocycles. The number of nitrogens with two attached hydrogens (primary N) is 1. The molecule has 2 aromatic carbocycles. The van der Waals surface area contributed by atoms with E-state index < -0.39 is 0 Å². The van der Waals surface area contributed by atoms with Gasteiger partial charge in [-0.3, -0.25) is 0 Å². The zero-order valence-electron chi connectivity index (χ0n) is 11.4. The van der Waals surface area contributed by atoms with Gasteiger partial charge in [-0.1, -0.05) is 45.7 Å². The van der Waals surface area contributed by atoms with Crippen LogP contribution < -0.4 is 10.6 Å². The molecular weight excluding hydrogens is 336 g/mol. The maximum atomic E-state index is 6.12. The molecule has 2 nitrogen and oxygen atoms in total. The highest BCUT2D eigenvalue weighted by Gasteiger charge is 2.09. The Hall–Kier alpha value is -1.03. The fourth-order valence-corrected chi connectivity index (χ4v) is 2.87. The van der Waals surface area contributed by atoms with Crippen LogP contribution in [0.25, 0.3) is 0 Å². The van der Waals surface area contributed by atoms with E-state index in [1.807, 2.05) is 24.3 Å². The Labute approximate surface area is 133 Å². The Morgan fingerprint density at radius 3 is 2.70 bits per heavy atom. The van der Waals surface area contributed by atoms with Gasteiger partial charge in [0.05, 0.1) is 0 Å². The molecule has 0 heterocycles. The van der Waals surface area contributed by atoms with Crippen molar-refractivity contribution in [1.29, 1.82) is 0 Å². The first-order valence-electron chi connectivity index (χ1n) is 6.54. The summed E-state index contributed by atoms with van der Waals surface area (Å²) >= 11 is 9.63. The minimum atomic E-state index is 0.638. The number of hydrogen-bond donors (Lipinski definition) is 1. The summed E-state index contributed by atoms with van der Waals surface area (Å²) in [6, 6.07) is 14.3. The molecule has 0 aliphatic carbocycles. The molecule has 0 saturated carbocycles.